The summed E-state index contributed by atoms with van der Waals surface area (Å²) in [6, 6.07) is 1.42. The summed E-state index contributed by atoms with van der Waals surface area (Å²) in [5.41, 5.74) is 6.54. The van der Waals surface area contributed by atoms with Crippen molar-refractivity contribution in [2.45, 2.75) is 30.6 Å². The molecule has 0 aliphatic carbocycles. The Morgan fingerprint density at radius 1 is 1.38 bits per heavy atom. The first-order valence-electron chi connectivity index (χ1n) is 6.67. The molecule has 122 valence electrons. The third-order valence-corrected chi connectivity index (χ3v) is 6.88. The van der Waals surface area contributed by atoms with Crippen molar-refractivity contribution in [3.63, 3.8) is 0 Å². The van der Waals surface area contributed by atoms with Crippen LogP contribution < -0.4 is 5.73 Å². The Kier molecular flexibility index (Phi) is 7.25. The van der Waals surface area contributed by atoms with E-state index in [9.17, 15) is 8.42 Å². The second kappa shape index (κ2) is 8.21. The lowest BCUT2D eigenvalue weighted by atomic mass is 10.3. The first-order chi connectivity index (χ1) is 9.88. The molecule has 0 aliphatic rings. The molecule has 0 fully saturated rings. The molecule has 0 saturated heterocycles. The summed E-state index contributed by atoms with van der Waals surface area (Å²) in [7, 11) is -0.466. The Hall–Kier alpha value is -0.510. The predicted molar refractivity (Wildman–Crippen MR) is 84.1 cm³/mol. The fourth-order valence-electron chi connectivity index (χ4n) is 2.02. The molecular formula is C13H24N2O4S2. The van der Waals surface area contributed by atoms with Gasteiger partial charge in [0.25, 0.3) is 10.0 Å². The highest BCUT2D eigenvalue weighted by atomic mass is 32.2. The van der Waals surface area contributed by atoms with Crippen molar-refractivity contribution in [1.29, 1.82) is 0 Å². The molecular weight excluding hydrogens is 312 g/mol. The standard InChI is InChI=1S/C13H24N2O4S2/c1-10-7-13(20-12(10)8-14)21(16,17)15(5-6-18-3)11(2)9-19-4/h7,11H,5-6,8-9,14H2,1-4H3. The van der Waals surface area contributed by atoms with Crippen molar-refractivity contribution in [3.8, 4) is 0 Å². The monoisotopic (exact) mass is 336 g/mol. The average Bonchev–Trinajstić information content (AvgIpc) is 2.81. The molecule has 1 aromatic rings. The van der Waals surface area contributed by atoms with Crippen LogP contribution in [-0.4, -0.2) is 52.7 Å². The molecule has 2 N–H and O–H groups in total. The maximum absolute atomic E-state index is 12.8. The van der Waals surface area contributed by atoms with Gasteiger partial charge in [0.1, 0.15) is 4.21 Å². The van der Waals surface area contributed by atoms with Gasteiger partial charge in [0.2, 0.25) is 0 Å². The van der Waals surface area contributed by atoms with Crippen LogP contribution in [0.1, 0.15) is 17.4 Å². The Balaban J connectivity index is 3.12. The van der Waals surface area contributed by atoms with E-state index in [-0.39, 0.29) is 12.6 Å². The second-order valence-electron chi connectivity index (χ2n) is 4.79. The van der Waals surface area contributed by atoms with Crippen molar-refractivity contribution >= 4 is 21.4 Å². The molecule has 1 rings (SSSR count). The number of methoxy groups -OCH3 is 2. The Bertz CT molecular complexity index is 542. The highest BCUT2D eigenvalue weighted by molar-refractivity contribution is 7.91. The third-order valence-electron chi connectivity index (χ3n) is 3.16. The summed E-state index contributed by atoms with van der Waals surface area (Å²) in [6.07, 6.45) is 0. The van der Waals surface area contributed by atoms with E-state index in [4.69, 9.17) is 15.2 Å². The average molecular weight is 336 g/mol. The molecule has 0 aromatic carbocycles. The summed E-state index contributed by atoms with van der Waals surface area (Å²) < 4.78 is 37.5. The number of sulfonamides is 1. The summed E-state index contributed by atoms with van der Waals surface area (Å²) in [5.74, 6) is 0. The minimum Gasteiger partial charge on any atom is -0.383 e. The lowest BCUT2D eigenvalue weighted by Gasteiger charge is -2.27. The number of aryl methyl sites for hydroxylation is 1. The van der Waals surface area contributed by atoms with Gasteiger partial charge < -0.3 is 15.2 Å². The van der Waals surface area contributed by atoms with E-state index >= 15 is 0 Å². The molecule has 6 nitrogen and oxygen atoms in total. The lowest BCUT2D eigenvalue weighted by molar-refractivity contribution is 0.119. The van der Waals surface area contributed by atoms with E-state index in [2.05, 4.69) is 0 Å². The summed E-state index contributed by atoms with van der Waals surface area (Å²) in [6.45, 7) is 4.99. The SMILES string of the molecule is COCCN(C(C)COC)S(=O)(=O)c1cc(C)c(CN)s1. The van der Waals surface area contributed by atoms with Crippen LogP contribution in [0.25, 0.3) is 0 Å². The zero-order valence-corrected chi connectivity index (χ0v) is 14.6. The molecule has 1 heterocycles. The van der Waals surface area contributed by atoms with Gasteiger partial charge in [0, 0.05) is 38.2 Å². The van der Waals surface area contributed by atoms with E-state index in [1.807, 2.05) is 13.8 Å². The summed E-state index contributed by atoms with van der Waals surface area (Å²) in [4.78, 5) is 0.889. The quantitative estimate of drug-likeness (QED) is 0.732. The van der Waals surface area contributed by atoms with E-state index in [0.717, 1.165) is 10.4 Å². The van der Waals surface area contributed by atoms with Gasteiger partial charge in [-0.05, 0) is 25.5 Å². The van der Waals surface area contributed by atoms with Crippen LogP contribution in [0.2, 0.25) is 0 Å². The fraction of sp³-hybridized carbons (Fsp3) is 0.692. The Morgan fingerprint density at radius 3 is 2.52 bits per heavy atom. The second-order valence-corrected chi connectivity index (χ2v) is 8.04. The zero-order chi connectivity index (χ0) is 16.0. The highest BCUT2D eigenvalue weighted by Crippen LogP contribution is 2.29. The lowest BCUT2D eigenvalue weighted by Crippen LogP contribution is -2.42. The molecule has 0 aliphatic heterocycles. The number of hydrogen-bond donors (Lipinski definition) is 1. The Labute approximate surface area is 130 Å². The smallest absolute Gasteiger partial charge is 0.252 e. The minimum absolute atomic E-state index is 0.265. The Morgan fingerprint density at radius 2 is 2.05 bits per heavy atom. The molecule has 0 radical (unpaired) electrons. The molecule has 8 heteroatoms. The van der Waals surface area contributed by atoms with Crippen LogP contribution in [0.15, 0.2) is 10.3 Å². The molecule has 0 amide bonds. The van der Waals surface area contributed by atoms with E-state index in [0.29, 0.717) is 24.0 Å². The molecule has 1 unspecified atom stereocenters. The van der Waals surface area contributed by atoms with Gasteiger partial charge in [-0.3, -0.25) is 0 Å². The van der Waals surface area contributed by atoms with E-state index in [1.54, 1.807) is 20.3 Å². The first-order valence-corrected chi connectivity index (χ1v) is 8.93. The third kappa shape index (κ3) is 4.48. The number of rotatable bonds is 9. The van der Waals surface area contributed by atoms with E-state index in [1.165, 1.54) is 15.6 Å². The van der Waals surface area contributed by atoms with Gasteiger partial charge in [-0.1, -0.05) is 0 Å². The molecule has 0 bridgehead atoms. The van der Waals surface area contributed by atoms with Crippen molar-refractivity contribution in [3.05, 3.63) is 16.5 Å². The van der Waals surface area contributed by atoms with Crippen molar-refractivity contribution in [2.75, 3.05) is 34.0 Å². The number of nitrogens with zero attached hydrogens (tertiary/aromatic N) is 1. The summed E-state index contributed by atoms with van der Waals surface area (Å²) >= 11 is 1.23. The van der Waals surface area contributed by atoms with Crippen LogP contribution in [0.5, 0.6) is 0 Å². The van der Waals surface area contributed by atoms with Crippen molar-refractivity contribution in [1.82, 2.24) is 4.31 Å². The maximum Gasteiger partial charge on any atom is 0.252 e. The van der Waals surface area contributed by atoms with Gasteiger partial charge in [-0.2, -0.15) is 4.31 Å². The van der Waals surface area contributed by atoms with Crippen LogP contribution in [0, 0.1) is 6.92 Å². The van der Waals surface area contributed by atoms with Gasteiger partial charge in [0.15, 0.2) is 0 Å². The number of hydrogen-bond acceptors (Lipinski definition) is 6. The maximum atomic E-state index is 12.8. The van der Waals surface area contributed by atoms with Crippen molar-refractivity contribution < 1.29 is 17.9 Å². The van der Waals surface area contributed by atoms with E-state index < -0.39 is 10.0 Å². The number of ether oxygens (including phenoxy) is 2. The highest BCUT2D eigenvalue weighted by Gasteiger charge is 2.30. The van der Waals surface area contributed by atoms with Crippen LogP contribution in [-0.2, 0) is 26.0 Å². The van der Waals surface area contributed by atoms with Crippen LogP contribution >= 0.6 is 11.3 Å². The topological polar surface area (TPSA) is 81.9 Å². The van der Waals surface area contributed by atoms with Gasteiger partial charge in [-0.25, -0.2) is 8.42 Å². The molecule has 21 heavy (non-hydrogen) atoms. The van der Waals surface area contributed by atoms with Gasteiger partial charge in [0.05, 0.1) is 13.2 Å². The van der Waals surface area contributed by atoms with Gasteiger partial charge in [-0.15, -0.1) is 11.3 Å². The molecule has 1 atom stereocenters. The minimum atomic E-state index is -3.57. The van der Waals surface area contributed by atoms with Crippen LogP contribution in [0.4, 0.5) is 0 Å². The van der Waals surface area contributed by atoms with Crippen LogP contribution in [0.3, 0.4) is 0 Å². The largest absolute Gasteiger partial charge is 0.383 e. The fourth-order valence-corrected chi connectivity index (χ4v) is 5.22. The zero-order valence-electron chi connectivity index (χ0n) is 13.0. The van der Waals surface area contributed by atoms with Gasteiger partial charge >= 0.3 is 0 Å². The molecule has 0 spiro atoms. The number of thiophene rings is 1. The first kappa shape index (κ1) is 18.5. The summed E-state index contributed by atoms with van der Waals surface area (Å²) in [5, 5.41) is 0. The number of nitrogens with two attached hydrogens (primary N) is 1. The predicted octanol–water partition coefficient (Wildman–Crippen LogP) is 1.19. The van der Waals surface area contributed by atoms with Crippen molar-refractivity contribution in [2.24, 2.45) is 5.73 Å². The normalized spacial score (nSPS) is 13.8. The molecule has 0 saturated carbocycles. The molecule has 1 aromatic heterocycles.